The molecule has 0 heterocycles. The Kier molecular flexibility index (Phi) is 17.2. The number of rotatable bonds is 19. The Morgan fingerprint density at radius 1 is 0.966 bits per heavy atom. The van der Waals surface area contributed by atoms with Crippen molar-refractivity contribution >= 4 is 19.8 Å². The van der Waals surface area contributed by atoms with Crippen molar-refractivity contribution < 1.29 is 37.6 Å². The molecule has 0 aliphatic heterocycles. The molecule has 0 saturated heterocycles. The van der Waals surface area contributed by atoms with E-state index in [1.807, 2.05) is 0 Å². The summed E-state index contributed by atoms with van der Waals surface area (Å²) in [5.41, 5.74) is 5.20. The number of nitrogens with two attached hydrogens (primary N) is 1. The molecule has 0 aromatic heterocycles. The second-order valence-corrected chi connectivity index (χ2v) is 8.33. The molecule has 1 unspecified atom stereocenters. The Morgan fingerprint density at radius 2 is 1.55 bits per heavy atom. The number of phosphoric acid groups is 1. The van der Waals surface area contributed by atoms with Crippen LogP contribution in [0.15, 0.2) is 0 Å². The van der Waals surface area contributed by atoms with E-state index in [0.29, 0.717) is 6.42 Å². The minimum atomic E-state index is -4.31. The maximum Gasteiger partial charge on any atom is 0.472 e. The van der Waals surface area contributed by atoms with Crippen LogP contribution in [-0.4, -0.2) is 49.3 Å². The summed E-state index contributed by atoms with van der Waals surface area (Å²) in [6.07, 6.45) is 9.40. The third kappa shape index (κ3) is 18.8. The summed E-state index contributed by atoms with van der Waals surface area (Å²) in [5, 5.41) is 0. The Morgan fingerprint density at radius 3 is 2.10 bits per heavy atom. The molecule has 172 valence electrons. The van der Waals surface area contributed by atoms with Crippen molar-refractivity contribution in [2.24, 2.45) is 5.73 Å². The fourth-order valence-corrected chi connectivity index (χ4v) is 3.30. The molecule has 9 nitrogen and oxygen atoms in total. The topological polar surface area (TPSA) is 134 Å². The highest BCUT2D eigenvalue weighted by atomic mass is 31.2. The van der Waals surface area contributed by atoms with Crippen LogP contribution in [0.2, 0.25) is 0 Å². The molecule has 2 atom stereocenters. The van der Waals surface area contributed by atoms with Crippen LogP contribution in [0.25, 0.3) is 0 Å². The van der Waals surface area contributed by atoms with Gasteiger partial charge in [-0.3, -0.25) is 18.6 Å². The zero-order chi connectivity index (χ0) is 22.0. The molecular weight excluding hydrogens is 401 g/mol. The van der Waals surface area contributed by atoms with Crippen molar-refractivity contribution in [2.75, 3.05) is 26.4 Å². The van der Waals surface area contributed by atoms with E-state index in [9.17, 15) is 19.0 Å². The SMILES string of the molecule is CCCCCCCCCCCC(=O)O[C@H](COC(C)=O)COP(=O)(O)OCCN. The molecule has 0 fully saturated rings. The van der Waals surface area contributed by atoms with Crippen LogP contribution >= 0.6 is 7.82 Å². The highest BCUT2D eigenvalue weighted by Crippen LogP contribution is 2.43. The Labute approximate surface area is 174 Å². The minimum absolute atomic E-state index is 0.0541. The van der Waals surface area contributed by atoms with Gasteiger partial charge in [-0.05, 0) is 6.42 Å². The van der Waals surface area contributed by atoms with Gasteiger partial charge in [0.15, 0.2) is 6.10 Å². The van der Waals surface area contributed by atoms with Crippen molar-refractivity contribution in [3.63, 3.8) is 0 Å². The van der Waals surface area contributed by atoms with E-state index in [1.165, 1.54) is 39.0 Å². The predicted octanol–water partition coefficient (Wildman–Crippen LogP) is 3.47. The summed E-state index contributed by atoms with van der Waals surface area (Å²) in [4.78, 5) is 32.5. The standard InChI is InChI=1S/C19H38NO8P/c1-3-4-5-6-7-8-9-10-11-12-19(22)28-18(15-25-17(2)21)16-27-29(23,24)26-14-13-20/h18H,3-16,20H2,1-2H3,(H,23,24)/t18-/m1/s1. The lowest BCUT2D eigenvalue weighted by Gasteiger charge is -2.19. The molecule has 0 rings (SSSR count). The van der Waals surface area contributed by atoms with Gasteiger partial charge >= 0.3 is 19.8 Å². The van der Waals surface area contributed by atoms with Crippen LogP contribution in [0.5, 0.6) is 0 Å². The van der Waals surface area contributed by atoms with Gasteiger partial charge in [0.25, 0.3) is 0 Å². The molecule has 0 aromatic rings. The Bertz CT molecular complexity index is 489. The molecule has 29 heavy (non-hydrogen) atoms. The highest BCUT2D eigenvalue weighted by Gasteiger charge is 2.25. The van der Waals surface area contributed by atoms with Crippen LogP contribution in [0.1, 0.15) is 78.1 Å². The Balaban J connectivity index is 4.13. The van der Waals surface area contributed by atoms with Crippen LogP contribution in [-0.2, 0) is 32.7 Å². The lowest BCUT2D eigenvalue weighted by Crippen LogP contribution is -2.29. The Hall–Kier alpha value is -0.990. The number of carbonyl (C=O) groups is 2. The summed E-state index contributed by atoms with van der Waals surface area (Å²) in [7, 11) is -4.31. The quantitative estimate of drug-likeness (QED) is 0.176. The number of esters is 2. The number of hydrogen-bond acceptors (Lipinski definition) is 8. The summed E-state index contributed by atoms with van der Waals surface area (Å²) in [6, 6.07) is 0. The van der Waals surface area contributed by atoms with Gasteiger partial charge in [0, 0.05) is 19.9 Å². The van der Waals surface area contributed by atoms with Crippen molar-refractivity contribution in [3.05, 3.63) is 0 Å². The van der Waals surface area contributed by atoms with Crippen LogP contribution in [0, 0.1) is 0 Å². The third-order valence-electron chi connectivity index (χ3n) is 4.05. The first-order chi connectivity index (χ1) is 13.8. The van der Waals surface area contributed by atoms with Gasteiger partial charge in [-0.2, -0.15) is 0 Å². The summed E-state index contributed by atoms with van der Waals surface area (Å²) < 4.78 is 31.1. The first kappa shape index (κ1) is 28.0. The lowest BCUT2D eigenvalue weighted by atomic mass is 10.1. The molecule has 0 radical (unpaired) electrons. The maximum atomic E-state index is 12.0. The van der Waals surface area contributed by atoms with E-state index >= 15 is 0 Å². The van der Waals surface area contributed by atoms with E-state index in [2.05, 4.69) is 11.4 Å². The molecule has 3 N–H and O–H groups in total. The van der Waals surface area contributed by atoms with E-state index in [0.717, 1.165) is 19.3 Å². The molecule has 0 aromatic carbocycles. The average molecular weight is 439 g/mol. The first-order valence-electron chi connectivity index (χ1n) is 10.5. The van der Waals surface area contributed by atoms with Crippen LogP contribution in [0.4, 0.5) is 0 Å². The number of carbonyl (C=O) groups excluding carboxylic acids is 2. The smallest absolute Gasteiger partial charge is 0.462 e. The van der Waals surface area contributed by atoms with Crippen molar-refractivity contribution in [3.8, 4) is 0 Å². The van der Waals surface area contributed by atoms with E-state index < -0.39 is 32.5 Å². The molecule has 0 aliphatic rings. The van der Waals surface area contributed by atoms with E-state index in [4.69, 9.17) is 19.7 Å². The highest BCUT2D eigenvalue weighted by molar-refractivity contribution is 7.47. The van der Waals surface area contributed by atoms with Gasteiger partial charge < -0.3 is 20.1 Å². The van der Waals surface area contributed by atoms with Crippen molar-refractivity contribution in [2.45, 2.75) is 84.2 Å². The van der Waals surface area contributed by atoms with Gasteiger partial charge in [0.1, 0.15) is 6.61 Å². The number of unbranched alkanes of at least 4 members (excludes halogenated alkanes) is 8. The molecule has 0 bridgehead atoms. The van der Waals surface area contributed by atoms with E-state index in [1.54, 1.807) is 0 Å². The zero-order valence-electron chi connectivity index (χ0n) is 17.8. The summed E-state index contributed by atoms with van der Waals surface area (Å²) in [5.74, 6) is -1.03. The molecule has 0 saturated carbocycles. The van der Waals surface area contributed by atoms with Gasteiger partial charge in [-0.15, -0.1) is 0 Å². The molecule has 0 aliphatic carbocycles. The zero-order valence-corrected chi connectivity index (χ0v) is 18.7. The monoisotopic (exact) mass is 439 g/mol. The summed E-state index contributed by atoms with van der Waals surface area (Å²) in [6.45, 7) is 2.60. The fourth-order valence-electron chi connectivity index (χ4n) is 2.53. The number of ether oxygens (including phenoxy) is 2. The second-order valence-electron chi connectivity index (χ2n) is 6.88. The van der Waals surface area contributed by atoms with Crippen LogP contribution < -0.4 is 5.73 Å². The molecule has 0 spiro atoms. The van der Waals surface area contributed by atoms with Gasteiger partial charge in [0.05, 0.1) is 13.2 Å². The molecular formula is C19H38NO8P. The summed E-state index contributed by atoms with van der Waals surface area (Å²) >= 11 is 0. The maximum absolute atomic E-state index is 12.0. The van der Waals surface area contributed by atoms with Crippen molar-refractivity contribution in [1.29, 1.82) is 0 Å². The molecule has 0 amide bonds. The third-order valence-corrected chi connectivity index (χ3v) is 5.04. The van der Waals surface area contributed by atoms with E-state index in [-0.39, 0.29) is 26.2 Å². The number of phosphoric ester groups is 1. The van der Waals surface area contributed by atoms with Gasteiger partial charge in [-0.25, -0.2) is 4.57 Å². The second kappa shape index (κ2) is 17.8. The number of hydrogen-bond donors (Lipinski definition) is 2. The predicted molar refractivity (Wildman–Crippen MR) is 109 cm³/mol. The average Bonchev–Trinajstić information content (AvgIpc) is 2.67. The fraction of sp³-hybridized carbons (Fsp3) is 0.895. The normalized spacial score (nSPS) is 14.2. The van der Waals surface area contributed by atoms with Gasteiger partial charge in [-0.1, -0.05) is 58.3 Å². The largest absolute Gasteiger partial charge is 0.472 e. The minimum Gasteiger partial charge on any atom is -0.462 e. The van der Waals surface area contributed by atoms with Gasteiger partial charge in [0.2, 0.25) is 0 Å². The first-order valence-corrected chi connectivity index (χ1v) is 11.9. The van der Waals surface area contributed by atoms with Crippen molar-refractivity contribution in [1.82, 2.24) is 0 Å². The molecule has 10 heteroatoms. The lowest BCUT2D eigenvalue weighted by molar-refractivity contribution is -0.160. The van der Waals surface area contributed by atoms with Crippen LogP contribution in [0.3, 0.4) is 0 Å².